The molecule has 12 rings (SSSR count). The Hall–Kier alpha value is -4.70. The minimum atomic E-state index is -0.143. The summed E-state index contributed by atoms with van der Waals surface area (Å²) in [5.74, 6) is 0. The molecule has 0 bridgehead atoms. The first-order chi connectivity index (χ1) is 30.3. The van der Waals surface area contributed by atoms with Gasteiger partial charge in [0.25, 0.3) is 6.71 Å². The first kappa shape index (κ1) is 41.7. The van der Waals surface area contributed by atoms with Crippen molar-refractivity contribution in [1.29, 1.82) is 0 Å². The van der Waals surface area contributed by atoms with E-state index in [0.29, 0.717) is 0 Å². The standard InChI is InChI=1S/C61H71BN2O/c1-34-29-44-50-45(30-34)64-51-35(2)31-42-47(60(14,15)26-25-59(42,12)13)49(51)61(16)28-27-56(6,7)39-21-22-43(53(64)48(39)61)62(50)54-52(63(44)37-19-17-36(18-20-37)55(3,4)5)38-32-40-41(33-46(38)65-54)58(10,11)24-23-57(40,8)9/h17-22,29-33H,23-28H2,1-16H3. The predicted molar refractivity (Wildman–Crippen MR) is 278 cm³/mol. The lowest BCUT2D eigenvalue weighted by Crippen LogP contribution is -2.62. The number of nitrogens with zero attached hydrogens (tertiary/aromatic N) is 2. The fourth-order valence-corrected chi connectivity index (χ4v) is 14.3. The van der Waals surface area contributed by atoms with Gasteiger partial charge >= 0.3 is 0 Å². The molecule has 4 heteroatoms. The number of hydrogen-bond donors (Lipinski definition) is 0. The molecule has 0 fully saturated rings. The zero-order valence-electron chi connectivity index (χ0n) is 42.5. The van der Waals surface area contributed by atoms with Crippen LogP contribution in [0.25, 0.3) is 11.0 Å². The highest BCUT2D eigenvalue weighted by Crippen LogP contribution is 2.65. The highest BCUT2D eigenvalue weighted by molar-refractivity contribution is 7.00. The van der Waals surface area contributed by atoms with E-state index in [1.165, 1.54) is 116 Å². The normalized spacial score (nSPS) is 23.0. The van der Waals surface area contributed by atoms with Gasteiger partial charge in [-0.1, -0.05) is 127 Å². The van der Waals surface area contributed by atoms with E-state index in [9.17, 15) is 0 Å². The Bertz CT molecular complexity index is 3110. The van der Waals surface area contributed by atoms with Crippen molar-refractivity contribution >= 4 is 68.4 Å². The van der Waals surface area contributed by atoms with Crippen LogP contribution in [0.4, 0.5) is 34.1 Å². The average Bonchev–Trinajstić information content (AvgIpc) is 3.60. The molecule has 4 heterocycles. The third-order valence-corrected chi connectivity index (χ3v) is 18.5. The van der Waals surface area contributed by atoms with Gasteiger partial charge in [0.05, 0.1) is 17.0 Å². The van der Waals surface area contributed by atoms with Crippen LogP contribution in [0.3, 0.4) is 0 Å². The molecule has 0 saturated heterocycles. The Morgan fingerprint density at radius 3 is 1.74 bits per heavy atom. The predicted octanol–water partition coefficient (Wildman–Crippen LogP) is 14.8. The second kappa shape index (κ2) is 12.4. The van der Waals surface area contributed by atoms with Crippen molar-refractivity contribution in [3.8, 4) is 0 Å². The number of aryl methyl sites for hydroxylation is 2. The third kappa shape index (κ3) is 5.32. The lowest BCUT2D eigenvalue weighted by Gasteiger charge is -2.57. The molecule has 65 heavy (non-hydrogen) atoms. The lowest BCUT2D eigenvalue weighted by molar-refractivity contribution is 0.311. The Balaban J connectivity index is 1.23. The van der Waals surface area contributed by atoms with Crippen molar-refractivity contribution in [2.24, 2.45) is 0 Å². The molecule has 1 unspecified atom stereocenters. The zero-order chi connectivity index (χ0) is 46.1. The van der Waals surface area contributed by atoms with E-state index in [4.69, 9.17) is 4.42 Å². The minimum Gasteiger partial charge on any atom is -0.468 e. The molecular formula is C61H71BN2O. The molecule has 6 aliphatic rings. The van der Waals surface area contributed by atoms with Crippen molar-refractivity contribution < 1.29 is 4.42 Å². The summed E-state index contributed by atoms with van der Waals surface area (Å²) in [6.45, 7) is 39.2. The molecule has 3 aliphatic carbocycles. The fourth-order valence-electron chi connectivity index (χ4n) is 14.3. The SMILES string of the molecule is Cc1cc2c3c(c1)N(c1ccc(C(C)(C)C)cc1)c1c(oc4cc5c(cc14)C(C)(C)CCC5(C)C)B3c1ccc3c4c1N2c1c(C)cc2c(c1C4(C)CCC3(C)C)C(C)(C)CCC2(C)C. The molecule has 0 amide bonds. The minimum absolute atomic E-state index is 0.0490. The second-order valence-electron chi connectivity index (χ2n) is 26.3. The molecule has 6 aromatic rings. The van der Waals surface area contributed by atoms with Crippen LogP contribution in [-0.2, 0) is 37.9 Å². The number of furan rings is 1. The van der Waals surface area contributed by atoms with Crippen LogP contribution >= 0.6 is 0 Å². The lowest BCUT2D eigenvalue weighted by atomic mass is 9.34. The van der Waals surface area contributed by atoms with Crippen molar-refractivity contribution in [1.82, 2.24) is 0 Å². The number of anilines is 6. The van der Waals surface area contributed by atoms with Gasteiger partial charge in [0.2, 0.25) is 0 Å². The van der Waals surface area contributed by atoms with E-state index in [-0.39, 0.29) is 44.6 Å². The van der Waals surface area contributed by atoms with E-state index in [1.54, 1.807) is 22.3 Å². The van der Waals surface area contributed by atoms with E-state index in [2.05, 4.69) is 187 Å². The molecule has 3 nitrogen and oxygen atoms in total. The highest BCUT2D eigenvalue weighted by atomic mass is 16.3. The maximum absolute atomic E-state index is 7.63. The summed E-state index contributed by atoms with van der Waals surface area (Å²) >= 11 is 0. The molecule has 0 saturated carbocycles. The molecule has 1 aromatic heterocycles. The smallest absolute Gasteiger partial charge is 0.297 e. The van der Waals surface area contributed by atoms with E-state index >= 15 is 0 Å². The van der Waals surface area contributed by atoms with Crippen molar-refractivity contribution in [3.63, 3.8) is 0 Å². The first-order valence-electron chi connectivity index (χ1n) is 25.1. The van der Waals surface area contributed by atoms with Gasteiger partial charge in [0.1, 0.15) is 5.58 Å². The van der Waals surface area contributed by atoms with Crippen molar-refractivity contribution in [3.05, 3.63) is 122 Å². The van der Waals surface area contributed by atoms with Gasteiger partial charge in [-0.15, -0.1) is 0 Å². The van der Waals surface area contributed by atoms with Crippen LogP contribution < -0.4 is 26.4 Å². The van der Waals surface area contributed by atoms with E-state index in [0.717, 1.165) is 17.7 Å². The maximum Gasteiger partial charge on any atom is 0.297 e. The summed E-state index contributed by atoms with van der Waals surface area (Å²) < 4.78 is 7.63. The van der Waals surface area contributed by atoms with Gasteiger partial charge in [-0.25, -0.2) is 0 Å². The van der Waals surface area contributed by atoms with Gasteiger partial charge in [-0.2, -0.15) is 0 Å². The summed E-state index contributed by atoms with van der Waals surface area (Å²) in [5.41, 5.74) is 27.8. The van der Waals surface area contributed by atoms with Gasteiger partial charge < -0.3 is 14.2 Å². The summed E-state index contributed by atoms with van der Waals surface area (Å²) in [4.78, 5) is 5.41. The topological polar surface area (TPSA) is 19.6 Å². The van der Waals surface area contributed by atoms with Crippen LogP contribution in [0.1, 0.15) is 191 Å². The molecular weight excluding hydrogens is 787 g/mol. The van der Waals surface area contributed by atoms with Gasteiger partial charge in [-0.3, -0.25) is 0 Å². The summed E-state index contributed by atoms with van der Waals surface area (Å²) in [7, 11) is 0. The molecule has 0 radical (unpaired) electrons. The molecule has 5 aromatic carbocycles. The Kier molecular flexibility index (Phi) is 7.98. The Morgan fingerprint density at radius 2 is 1.09 bits per heavy atom. The zero-order valence-corrected chi connectivity index (χ0v) is 42.5. The quantitative estimate of drug-likeness (QED) is 0.153. The van der Waals surface area contributed by atoms with Crippen LogP contribution in [0.15, 0.2) is 71.1 Å². The van der Waals surface area contributed by atoms with Crippen molar-refractivity contribution in [2.75, 3.05) is 9.80 Å². The van der Waals surface area contributed by atoms with Crippen molar-refractivity contribution in [2.45, 2.75) is 187 Å². The third-order valence-electron chi connectivity index (χ3n) is 18.5. The summed E-state index contributed by atoms with van der Waals surface area (Å²) in [6.07, 6.45) is 7.05. The number of fused-ring (bicyclic) bond motifs is 12. The number of benzene rings is 5. The number of rotatable bonds is 1. The maximum atomic E-state index is 7.63. The van der Waals surface area contributed by atoms with E-state index in [1.807, 2.05) is 0 Å². The number of hydrogen-bond acceptors (Lipinski definition) is 3. The van der Waals surface area contributed by atoms with Crippen LogP contribution in [-0.4, -0.2) is 6.71 Å². The van der Waals surface area contributed by atoms with Crippen LogP contribution in [0.5, 0.6) is 0 Å². The molecule has 1 atom stereocenters. The highest BCUT2D eigenvalue weighted by Gasteiger charge is 2.57. The van der Waals surface area contributed by atoms with Gasteiger partial charge in [0, 0.05) is 33.6 Å². The largest absolute Gasteiger partial charge is 0.468 e. The monoisotopic (exact) mass is 859 g/mol. The van der Waals surface area contributed by atoms with Crippen LogP contribution in [0, 0.1) is 13.8 Å². The van der Waals surface area contributed by atoms with E-state index < -0.39 is 0 Å². The average molecular weight is 859 g/mol. The Labute approximate surface area is 390 Å². The molecule has 0 spiro atoms. The molecule has 0 N–H and O–H groups in total. The summed E-state index contributed by atoms with van der Waals surface area (Å²) in [6, 6.07) is 27.2. The Morgan fingerprint density at radius 1 is 0.523 bits per heavy atom. The van der Waals surface area contributed by atoms with Gasteiger partial charge in [-0.05, 0) is 188 Å². The van der Waals surface area contributed by atoms with Gasteiger partial charge in [0.15, 0.2) is 0 Å². The molecule has 334 valence electrons. The first-order valence-corrected chi connectivity index (χ1v) is 25.1. The molecule has 3 aliphatic heterocycles. The summed E-state index contributed by atoms with van der Waals surface area (Å²) in [5, 5.41) is 1.23. The second-order valence-corrected chi connectivity index (χ2v) is 26.3. The van der Waals surface area contributed by atoms with Crippen LogP contribution in [0.2, 0.25) is 0 Å². The fraction of sp³-hybridized carbons (Fsp3) is 0.475.